The van der Waals surface area contributed by atoms with E-state index in [1.165, 1.54) is 35.2 Å². The van der Waals surface area contributed by atoms with Crippen LogP contribution in [0.3, 0.4) is 0 Å². The fraction of sp³-hybridized carbons (Fsp3) is 0.0435. The standard InChI is InChI=1S/C23H14Cl3NO4/c24-14-4-6-15(7-5-14)27-20(12-1-8-16(28)9-2-12)19(22(30)23(27)31)21(29)13-3-10-17(25)18(26)11-13/h1-11,20,28-29H/b21-19-. The Hall–Kier alpha value is -2.99. The van der Waals surface area contributed by atoms with Crippen molar-refractivity contribution in [2.75, 3.05) is 4.90 Å². The zero-order valence-corrected chi connectivity index (χ0v) is 18.0. The molecule has 3 aromatic carbocycles. The largest absolute Gasteiger partial charge is 0.508 e. The van der Waals surface area contributed by atoms with Crippen LogP contribution < -0.4 is 4.90 Å². The second-order valence-corrected chi connectivity index (χ2v) is 8.12. The molecule has 156 valence electrons. The van der Waals surface area contributed by atoms with Crippen molar-refractivity contribution < 1.29 is 19.8 Å². The molecule has 1 heterocycles. The zero-order chi connectivity index (χ0) is 22.3. The molecule has 1 atom stereocenters. The molecule has 5 nitrogen and oxygen atoms in total. The van der Waals surface area contributed by atoms with Crippen molar-refractivity contribution in [2.45, 2.75) is 6.04 Å². The van der Waals surface area contributed by atoms with Crippen LogP contribution in [0.15, 0.2) is 72.3 Å². The Labute approximate surface area is 192 Å². The topological polar surface area (TPSA) is 77.8 Å². The molecular weight excluding hydrogens is 461 g/mol. The number of hydrogen-bond acceptors (Lipinski definition) is 4. The van der Waals surface area contributed by atoms with E-state index in [4.69, 9.17) is 34.8 Å². The average Bonchev–Trinajstić information content (AvgIpc) is 3.01. The highest BCUT2D eigenvalue weighted by Crippen LogP contribution is 2.43. The van der Waals surface area contributed by atoms with E-state index in [1.54, 1.807) is 36.4 Å². The number of amides is 1. The van der Waals surface area contributed by atoms with E-state index in [0.717, 1.165) is 0 Å². The van der Waals surface area contributed by atoms with E-state index in [1.807, 2.05) is 0 Å². The van der Waals surface area contributed by atoms with E-state index in [0.29, 0.717) is 16.3 Å². The van der Waals surface area contributed by atoms with Crippen molar-refractivity contribution in [3.8, 4) is 5.75 Å². The molecule has 1 saturated heterocycles. The van der Waals surface area contributed by atoms with Gasteiger partial charge in [-0.1, -0.05) is 46.9 Å². The van der Waals surface area contributed by atoms with Gasteiger partial charge < -0.3 is 10.2 Å². The molecule has 0 radical (unpaired) electrons. The first-order valence-corrected chi connectivity index (χ1v) is 10.2. The number of anilines is 1. The third kappa shape index (κ3) is 3.88. The number of halogens is 3. The lowest BCUT2D eigenvalue weighted by molar-refractivity contribution is -0.132. The van der Waals surface area contributed by atoms with Gasteiger partial charge in [0.05, 0.1) is 21.7 Å². The van der Waals surface area contributed by atoms with Crippen LogP contribution in [0.2, 0.25) is 15.1 Å². The van der Waals surface area contributed by atoms with E-state index in [-0.39, 0.29) is 32.7 Å². The van der Waals surface area contributed by atoms with Gasteiger partial charge in [0.25, 0.3) is 11.7 Å². The highest BCUT2D eigenvalue weighted by Gasteiger charge is 2.47. The number of hydrogen-bond donors (Lipinski definition) is 2. The molecule has 2 N–H and O–H groups in total. The van der Waals surface area contributed by atoms with Crippen molar-refractivity contribution in [1.82, 2.24) is 0 Å². The van der Waals surface area contributed by atoms with Crippen LogP contribution in [0.4, 0.5) is 5.69 Å². The molecule has 3 aromatic rings. The van der Waals surface area contributed by atoms with Gasteiger partial charge in [-0.05, 0) is 60.2 Å². The molecule has 0 spiro atoms. The van der Waals surface area contributed by atoms with Crippen LogP contribution in [0, 0.1) is 0 Å². The Bertz CT molecular complexity index is 1220. The number of aliphatic hydroxyl groups is 1. The minimum atomic E-state index is -0.934. The Balaban J connectivity index is 1.94. The van der Waals surface area contributed by atoms with Gasteiger partial charge in [0.2, 0.25) is 0 Å². The lowest BCUT2D eigenvalue weighted by atomic mass is 9.95. The van der Waals surface area contributed by atoms with Crippen LogP contribution in [0.1, 0.15) is 17.2 Å². The number of ketones is 1. The predicted octanol–water partition coefficient (Wildman–Crippen LogP) is 5.98. The first-order chi connectivity index (χ1) is 14.8. The van der Waals surface area contributed by atoms with Crippen LogP contribution in [-0.2, 0) is 9.59 Å². The lowest BCUT2D eigenvalue weighted by Gasteiger charge is -2.25. The quantitative estimate of drug-likeness (QED) is 0.278. The summed E-state index contributed by atoms with van der Waals surface area (Å²) in [6.07, 6.45) is 0. The Morgan fingerprint density at radius 2 is 1.48 bits per heavy atom. The molecule has 0 aromatic heterocycles. The first kappa shape index (κ1) is 21.2. The molecule has 4 rings (SSSR count). The number of nitrogens with zero attached hydrogens (tertiary/aromatic N) is 1. The van der Waals surface area contributed by atoms with Crippen molar-refractivity contribution in [3.05, 3.63) is 98.5 Å². The predicted molar refractivity (Wildman–Crippen MR) is 121 cm³/mol. The summed E-state index contributed by atoms with van der Waals surface area (Å²) in [6, 6.07) is 15.9. The summed E-state index contributed by atoms with van der Waals surface area (Å²) in [7, 11) is 0. The minimum absolute atomic E-state index is 0.0247. The van der Waals surface area contributed by atoms with E-state index >= 15 is 0 Å². The van der Waals surface area contributed by atoms with Gasteiger partial charge in [-0.15, -0.1) is 0 Å². The number of carbonyl (C=O) groups is 2. The molecule has 1 aliphatic heterocycles. The molecule has 1 unspecified atom stereocenters. The minimum Gasteiger partial charge on any atom is -0.508 e. The van der Waals surface area contributed by atoms with Crippen LogP contribution in [-0.4, -0.2) is 21.9 Å². The second kappa shape index (κ2) is 8.27. The molecular formula is C23H14Cl3NO4. The summed E-state index contributed by atoms with van der Waals surface area (Å²) in [5.74, 6) is -2.01. The van der Waals surface area contributed by atoms with Gasteiger partial charge in [-0.3, -0.25) is 14.5 Å². The fourth-order valence-corrected chi connectivity index (χ4v) is 3.90. The second-order valence-electron chi connectivity index (χ2n) is 6.87. The summed E-state index contributed by atoms with van der Waals surface area (Å²) in [6.45, 7) is 0. The summed E-state index contributed by atoms with van der Waals surface area (Å²) in [5, 5.41) is 21.7. The third-order valence-corrected chi connectivity index (χ3v) is 5.94. The van der Waals surface area contributed by atoms with Crippen LogP contribution in [0.25, 0.3) is 5.76 Å². The van der Waals surface area contributed by atoms with E-state index in [9.17, 15) is 19.8 Å². The number of phenols is 1. The van der Waals surface area contributed by atoms with Gasteiger partial charge in [0, 0.05) is 16.3 Å². The fourth-order valence-electron chi connectivity index (χ4n) is 3.47. The molecule has 1 aliphatic rings. The van der Waals surface area contributed by atoms with Crippen LogP contribution >= 0.6 is 34.8 Å². The lowest BCUT2D eigenvalue weighted by Crippen LogP contribution is -2.29. The van der Waals surface area contributed by atoms with Crippen molar-refractivity contribution in [3.63, 3.8) is 0 Å². The normalized spacial score (nSPS) is 17.9. The number of aliphatic hydroxyl groups excluding tert-OH is 1. The summed E-state index contributed by atoms with van der Waals surface area (Å²) >= 11 is 18.0. The molecule has 1 fully saturated rings. The number of rotatable bonds is 3. The molecule has 0 bridgehead atoms. The van der Waals surface area contributed by atoms with Gasteiger partial charge in [0.15, 0.2) is 0 Å². The van der Waals surface area contributed by atoms with Gasteiger partial charge in [-0.2, -0.15) is 0 Å². The number of benzene rings is 3. The first-order valence-electron chi connectivity index (χ1n) is 9.09. The smallest absolute Gasteiger partial charge is 0.300 e. The number of phenolic OH excluding ortho intramolecular Hbond substituents is 1. The van der Waals surface area contributed by atoms with Gasteiger partial charge in [-0.25, -0.2) is 0 Å². The van der Waals surface area contributed by atoms with Gasteiger partial charge >= 0.3 is 0 Å². The Morgan fingerprint density at radius 3 is 2.10 bits per heavy atom. The molecule has 1 amide bonds. The van der Waals surface area contributed by atoms with Crippen LogP contribution in [0.5, 0.6) is 5.75 Å². The van der Waals surface area contributed by atoms with Crippen molar-refractivity contribution >= 4 is 57.9 Å². The molecule has 31 heavy (non-hydrogen) atoms. The number of aromatic hydroxyl groups is 1. The molecule has 0 aliphatic carbocycles. The number of Topliss-reactive ketones (excluding diaryl/α,β-unsaturated/α-hetero) is 1. The maximum atomic E-state index is 13.0. The van der Waals surface area contributed by atoms with Gasteiger partial charge in [0.1, 0.15) is 11.5 Å². The monoisotopic (exact) mass is 473 g/mol. The highest BCUT2D eigenvalue weighted by atomic mass is 35.5. The van der Waals surface area contributed by atoms with E-state index < -0.39 is 17.7 Å². The molecule has 8 heteroatoms. The number of carbonyl (C=O) groups excluding carboxylic acids is 2. The summed E-state index contributed by atoms with van der Waals surface area (Å²) in [4.78, 5) is 27.3. The SMILES string of the molecule is O=C1C(=O)N(c2ccc(Cl)cc2)C(c2ccc(O)cc2)/C1=C(/O)c1ccc(Cl)c(Cl)c1. The molecule has 0 saturated carbocycles. The average molecular weight is 475 g/mol. The third-order valence-electron chi connectivity index (χ3n) is 4.95. The van der Waals surface area contributed by atoms with Crippen molar-refractivity contribution in [2.24, 2.45) is 0 Å². The van der Waals surface area contributed by atoms with Crippen molar-refractivity contribution in [1.29, 1.82) is 0 Å². The Kier molecular flexibility index (Phi) is 5.67. The van der Waals surface area contributed by atoms with E-state index in [2.05, 4.69) is 0 Å². The highest BCUT2D eigenvalue weighted by molar-refractivity contribution is 6.52. The summed E-state index contributed by atoms with van der Waals surface area (Å²) < 4.78 is 0. The Morgan fingerprint density at radius 1 is 0.839 bits per heavy atom. The maximum Gasteiger partial charge on any atom is 0.300 e. The summed E-state index contributed by atoms with van der Waals surface area (Å²) in [5.41, 5.74) is 1.09. The maximum absolute atomic E-state index is 13.0. The zero-order valence-electron chi connectivity index (χ0n) is 15.7.